The van der Waals surface area contributed by atoms with Crippen molar-refractivity contribution in [1.29, 1.82) is 0 Å². The summed E-state index contributed by atoms with van der Waals surface area (Å²) in [5.74, 6) is -5.47. The highest BCUT2D eigenvalue weighted by molar-refractivity contribution is 5.90. The Bertz CT molecular complexity index is 1000. The summed E-state index contributed by atoms with van der Waals surface area (Å²) in [6.45, 7) is -0.192. The lowest BCUT2D eigenvalue weighted by atomic mass is 10.1. The van der Waals surface area contributed by atoms with Gasteiger partial charge < -0.3 is 19.5 Å². The molecule has 2 amide bonds. The van der Waals surface area contributed by atoms with Crippen molar-refractivity contribution in [3.05, 3.63) is 71.8 Å². The first-order valence-corrected chi connectivity index (χ1v) is 10.4. The molecule has 2 aromatic carbocycles. The third-order valence-electron chi connectivity index (χ3n) is 5.38. The van der Waals surface area contributed by atoms with Crippen molar-refractivity contribution in [3.63, 3.8) is 0 Å². The van der Waals surface area contributed by atoms with Gasteiger partial charge in [-0.1, -0.05) is 36.4 Å². The van der Waals surface area contributed by atoms with E-state index in [1.54, 1.807) is 36.4 Å². The lowest BCUT2D eigenvalue weighted by molar-refractivity contribution is -0.157. The van der Waals surface area contributed by atoms with Gasteiger partial charge in [-0.05, 0) is 30.7 Å². The number of esters is 2. The predicted octanol–water partition coefficient (Wildman–Crippen LogP) is 2.84. The number of nitrogens with one attached hydrogen (secondary N) is 1. The average molecular weight is 460 g/mol. The lowest BCUT2D eigenvalue weighted by Crippen LogP contribution is -2.57. The van der Waals surface area contributed by atoms with Gasteiger partial charge >= 0.3 is 23.9 Å². The van der Waals surface area contributed by atoms with E-state index in [1.165, 1.54) is 24.3 Å². The van der Waals surface area contributed by atoms with Crippen LogP contribution < -0.4 is 5.32 Å². The Kier molecular flexibility index (Phi) is 6.55. The molecule has 2 saturated heterocycles. The predicted molar refractivity (Wildman–Crippen MR) is 111 cm³/mol. The highest BCUT2D eigenvalue weighted by Crippen LogP contribution is 2.41. The molecule has 3 atom stereocenters. The van der Waals surface area contributed by atoms with Crippen LogP contribution in [-0.4, -0.2) is 66.9 Å². The highest BCUT2D eigenvalue weighted by atomic mass is 19.3. The molecule has 2 heterocycles. The second-order valence-corrected chi connectivity index (χ2v) is 7.64. The summed E-state index contributed by atoms with van der Waals surface area (Å²) in [5.41, 5.74) is 0.305. The maximum Gasteiger partial charge on any atom is 0.338 e. The minimum Gasteiger partial charge on any atom is -0.459 e. The molecule has 2 unspecified atom stereocenters. The monoisotopic (exact) mass is 460 g/mol. The molecular formula is C23H22F2N2O6. The highest BCUT2D eigenvalue weighted by Gasteiger charge is 2.64. The van der Waals surface area contributed by atoms with Gasteiger partial charge in [-0.25, -0.2) is 14.4 Å². The van der Waals surface area contributed by atoms with E-state index in [9.17, 15) is 14.4 Å². The fourth-order valence-corrected chi connectivity index (χ4v) is 3.72. The van der Waals surface area contributed by atoms with E-state index >= 15 is 8.78 Å². The van der Waals surface area contributed by atoms with Crippen molar-refractivity contribution >= 4 is 18.0 Å². The third kappa shape index (κ3) is 4.80. The molecule has 2 aromatic rings. The van der Waals surface area contributed by atoms with Crippen LogP contribution >= 0.6 is 0 Å². The SMILES string of the molecule is O=C(OCC1OC(N2CCCNC2=O)C(F)(F)[C@@H]1OC(=O)c1ccccc1)c1ccccc1. The molecule has 8 nitrogen and oxygen atoms in total. The molecule has 0 bridgehead atoms. The van der Waals surface area contributed by atoms with Crippen LogP contribution in [-0.2, 0) is 14.2 Å². The van der Waals surface area contributed by atoms with E-state index in [0.717, 1.165) is 4.90 Å². The van der Waals surface area contributed by atoms with Gasteiger partial charge in [0.1, 0.15) is 12.7 Å². The molecule has 33 heavy (non-hydrogen) atoms. The summed E-state index contributed by atoms with van der Waals surface area (Å²) in [6.07, 6.45) is -5.09. The number of hydrogen-bond acceptors (Lipinski definition) is 6. The number of nitrogens with zero attached hydrogens (tertiary/aromatic N) is 1. The van der Waals surface area contributed by atoms with Gasteiger partial charge in [0.15, 0.2) is 6.10 Å². The molecule has 0 aromatic heterocycles. The second kappa shape index (κ2) is 9.53. The zero-order valence-electron chi connectivity index (χ0n) is 17.5. The minimum atomic E-state index is -3.75. The van der Waals surface area contributed by atoms with Crippen molar-refractivity contribution < 1.29 is 37.4 Å². The summed E-state index contributed by atoms with van der Waals surface area (Å²) < 4.78 is 46.7. The van der Waals surface area contributed by atoms with E-state index in [1.807, 2.05) is 0 Å². The Morgan fingerprint density at radius 3 is 2.24 bits per heavy atom. The maximum absolute atomic E-state index is 15.4. The fraction of sp³-hybridized carbons (Fsp3) is 0.348. The number of urea groups is 1. The van der Waals surface area contributed by atoms with Crippen LogP contribution in [0.2, 0.25) is 0 Å². The normalized spacial score (nSPS) is 24.1. The smallest absolute Gasteiger partial charge is 0.338 e. The number of alkyl halides is 2. The van der Waals surface area contributed by atoms with Gasteiger partial charge in [0.25, 0.3) is 0 Å². The van der Waals surface area contributed by atoms with Gasteiger partial charge in [-0.2, -0.15) is 8.78 Å². The first-order chi connectivity index (χ1) is 15.9. The molecule has 0 radical (unpaired) electrons. The molecule has 174 valence electrons. The number of hydrogen-bond donors (Lipinski definition) is 1. The van der Waals surface area contributed by atoms with Crippen molar-refractivity contribution in [2.75, 3.05) is 19.7 Å². The topological polar surface area (TPSA) is 94.2 Å². The Morgan fingerprint density at radius 2 is 1.64 bits per heavy atom. The number of ether oxygens (including phenoxy) is 3. The van der Waals surface area contributed by atoms with Gasteiger partial charge in [-0.15, -0.1) is 0 Å². The number of halogens is 2. The number of rotatable bonds is 6. The van der Waals surface area contributed by atoms with E-state index in [0.29, 0.717) is 13.0 Å². The van der Waals surface area contributed by atoms with E-state index in [2.05, 4.69) is 5.32 Å². The summed E-state index contributed by atoms with van der Waals surface area (Å²) in [4.78, 5) is 37.9. The molecule has 2 aliphatic rings. The van der Waals surface area contributed by atoms with Crippen LogP contribution in [0.4, 0.5) is 13.6 Å². The molecular weight excluding hydrogens is 438 g/mol. The summed E-state index contributed by atoms with van der Waals surface area (Å²) in [7, 11) is 0. The van der Waals surface area contributed by atoms with Crippen LogP contribution in [0.15, 0.2) is 60.7 Å². The van der Waals surface area contributed by atoms with Gasteiger partial charge in [0, 0.05) is 13.1 Å². The number of carbonyl (C=O) groups is 3. The van der Waals surface area contributed by atoms with Crippen molar-refractivity contribution in [3.8, 4) is 0 Å². The minimum absolute atomic E-state index is 0.0436. The van der Waals surface area contributed by atoms with E-state index < -0.39 is 48.9 Å². The Morgan fingerprint density at radius 1 is 1.03 bits per heavy atom. The molecule has 4 rings (SSSR count). The lowest BCUT2D eigenvalue weighted by Gasteiger charge is -2.34. The Hall–Kier alpha value is -3.53. The largest absolute Gasteiger partial charge is 0.459 e. The Labute approximate surface area is 188 Å². The van der Waals surface area contributed by atoms with E-state index in [4.69, 9.17) is 14.2 Å². The van der Waals surface area contributed by atoms with Crippen LogP contribution in [0.1, 0.15) is 27.1 Å². The molecule has 0 spiro atoms. The van der Waals surface area contributed by atoms with Crippen molar-refractivity contribution in [1.82, 2.24) is 10.2 Å². The van der Waals surface area contributed by atoms with E-state index in [-0.39, 0.29) is 17.7 Å². The standard InChI is InChI=1S/C23H22F2N2O6/c24-23(25)18(33-20(29)16-10-5-2-6-11-16)17(14-31-19(28)15-8-3-1-4-9-15)32-21(23)27-13-7-12-26-22(27)30/h1-6,8-11,17-18,21H,7,12-14H2,(H,26,30)/t17?,18-,21?/m1/s1. The first kappa shape index (κ1) is 22.7. The van der Waals surface area contributed by atoms with Gasteiger partial charge in [0.05, 0.1) is 11.1 Å². The Balaban J connectivity index is 1.55. The molecule has 0 saturated carbocycles. The molecule has 10 heteroatoms. The summed E-state index contributed by atoms with van der Waals surface area (Å²) in [6, 6.07) is 15.0. The molecule has 2 fully saturated rings. The van der Waals surface area contributed by atoms with Crippen LogP contribution in [0.3, 0.4) is 0 Å². The van der Waals surface area contributed by atoms with Gasteiger partial charge in [-0.3, -0.25) is 4.90 Å². The van der Waals surface area contributed by atoms with Gasteiger partial charge in [0.2, 0.25) is 6.23 Å². The zero-order chi connectivity index (χ0) is 23.4. The molecule has 2 aliphatic heterocycles. The van der Waals surface area contributed by atoms with Crippen molar-refractivity contribution in [2.45, 2.75) is 30.8 Å². The van der Waals surface area contributed by atoms with Crippen LogP contribution in [0, 0.1) is 0 Å². The number of carbonyl (C=O) groups excluding carboxylic acids is 3. The van der Waals surface area contributed by atoms with Crippen LogP contribution in [0.5, 0.6) is 0 Å². The number of amides is 2. The summed E-state index contributed by atoms with van der Waals surface area (Å²) in [5, 5.41) is 2.50. The van der Waals surface area contributed by atoms with Crippen LogP contribution in [0.25, 0.3) is 0 Å². The third-order valence-corrected chi connectivity index (χ3v) is 5.38. The first-order valence-electron chi connectivity index (χ1n) is 10.4. The van der Waals surface area contributed by atoms with Crippen molar-refractivity contribution in [2.24, 2.45) is 0 Å². The average Bonchev–Trinajstić information content (AvgIpc) is 3.08. The molecule has 1 N–H and O–H groups in total. The second-order valence-electron chi connectivity index (χ2n) is 7.64. The maximum atomic E-state index is 15.4. The molecule has 0 aliphatic carbocycles. The zero-order valence-corrected chi connectivity index (χ0v) is 17.5. The fourth-order valence-electron chi connectivity index (χ4n) is 3.72. The number of benzene rings is 2. The summed E-state index contributed by atoms with van der Waals surface area (Å²) >= 11 is 0. The quantitative estimate of drug-likeness (QED) is 0.667.